The van der Waals surface area contributed by atoms with Crippen LogP contribution in [-0.4, -0.2) is 55.9 Å². The minimum Gasteiger partial charge on any atom is -0.465 e. The molecule has 0 aromatic heterocycles. The van der Waals surface area contributed by atoms with Gasteiger partial charge in [-0.3, -0.25) is 4.79 Å². The van der Waals surface area contributed by atoms with Gasteiger partial charge in [-0.05, 0) is 58.5 Å². The number of rotatable bonds is 7. The summed E-state index contributed by atoms with van der Waals surface area (Å²) < 4.78 is 10.8. The fourth-order valence-corrected chi connectivity index (χ4v) is 3.64. The number of carbonyl (C=O) groups excluding carboxylic acids is 1. The van der Waals surface area contributed by atoms with Crippen molar-refractivity contribution in [3.05, 3.63) is 0 Å². The zero-order valence-corrected chi connectivity index (χ0v) is 13.5. The topological polar surface area (TPSA) is 64.8 Å². The highest BCUT2D eigenvalue weighted by Crippen LogP contribution is 2.37. The molecule has 5 nitrogen and oxygen atoms in total. The lowest BCUT2D eigenvalue weighted by Crippen LogP contribution is -2.52. The second-order valence-corrected chi connectivity index (χ2v) is 6.54. The standard InChI is InChI=1S/C16H30N2O3/c1-3-20-15(19)16(17)9-4-6-13(16)8-10-18(2)12-14-7-5-11-21-14/h13-14H,3-12,17H2,1-2H3. The summed E-state index contributed by atoms with van der Waals surface area (Å²) in [7, 11) is 2.12. The maximum Gasteiger partial charge on any atom is 0.326 e. The first-order valence-corrected chi connectivity index (χ1v) is 8.32. The molecule has 2 rings (SSSR count). The Labute approximate surface area is 128 Å². The SMILES string of the molecule is CCOC(=O)C1(N)CCCC1CCN(C)CC1CCCO1. The van der Waals surface area contributed by atoms with Crippen LogP contribution in [0.1, 0.15) is 45.4 Å². The number of carbonyl (C=O) groups is 1. The average Bonchev–Trinajstić information content (AvgIpc) is 3.07. The van der Waals surface area contributed by atoms with Gasteiger partial charge >= 0.3 is 5.97 Å². The van der Waals surface area contributed by atoms with Crippen LogP contribution in [0.5, 0.6) is 0 Å². The molecule has 3 atom stereocenters. The van der Waals surface area contributed by atoms with Crippen LogP contribution in [0.4, 0.5) is 0 Å². The highest BCUT2D eigenvalue weighted by molar-refractivity contribution is 5.81. The summed E-state index contributed by atoms with van der Waals surface area (Å²) in [4.78, 5) is 14.4. The van der Waals surface area contributed by atoms with Crippen LogP contribution >= 0.6 is 0 Å². The van der Waals surface area contributed by atoms with Crippen molar-refractivity contribution in [1.29, 1.82) is 0 Å². The molecule has 2 fully saturated rings. The normalized spacial score (nSPS) is 32.8. The molecule has 0 radical (unpaired) electrons. The van der Waals surface area contributed by atoms with Crippen molar-refractivity contribution in [2.45, 2.75) is 57.1 Å². The first kappa shape index (κ1) is 16.7. The van der Waals surface area contributed by atoms with Gasteiger partial charge in [0.25, 0.3) is 0 Å². The Morgan fingerprint density at radius 1 is 1.43 bits per heavy atom. The molecule has 3 unspecified atom stereocenters. The minimum absolute atomic E-state index is 0.214. The largest absolute Gasteiger partial charge is 0.465 e. The Morgan fingerprint density at radius 2 is 2.24 bits per heavy atom. The lowest BCUT2D eigenvalue weighted by Gasteiger charge is -2.30. The molecule has 1 aliphatic carbocycles. The van der Waals surface area contributed by atoms with Crippen LogP contribution in [0.25, 0.3) is 0 Å². The summed E-state index contributed by atoms with van der Waals surface area (Å²) in [5, 5.41) is 0. The van der Waals surface area contributed by atoms with Gasteiger partial charge in [-0.25, -0.2) is 0 Å². The van der Waals surface area contributed by atoms with E-state index in [1.165, 1.54) is 6.42 Å². The molecule has 0 bridgehead atoms. The van der Waals surface area contributed by atoms with E-state index in [0.29, 0.717) is 12.7 Å². The maximum atomic E-state index is 12.1. The second-order valence-electron chi connectivity index (χ2n) is 6.54. The van der Waals surface area contributed by atoms with Crippen molar-refractivity contribution in [3.63, 3.8) is 0 Å². The summed E-state index contributed by atoms with van der Waals surface area (Å²) in [5.41, 5.74) is 5.60. The van der Waals surface area contributed by atoms with Gasteiger partial charge in [0.05, 0.1) is 12.7 Å². The lowest BCUT2D eigenvalue weighted by molar-refractivity contribution is -0.151. The molecular formula is C16H30N2O3. The zero-order chi connectivity index (χ0) is 15.3. The monoisotopic (exact) mass is 298 g/mol. The van der Waals surface area contributed by atoms with Crippen molar-refractivity contribution in [3.8, 4) is 0 Å². The van der Waals surface area contributed by atoms with Gasteiger partial charge in [-0.2, -0.15) is 0 Å². The number of nitrogens with two attached hydrogens (primary N) is 1. The molecule has 1 heterocycles. The Morgan fingerprint density at radius 3 is 2.90 bits per heavy atom. The maximum absolute atomic E-state index is 12.1. The molecule has 0 aromatic carbocycles. The van der Waals surface area contributed by atoms with E-state index in [0.717, 1.165) is 51.8 Å². The van der Waals surface area contributed by atoms with E-state index in [9.17, 15) is 4.79 Å². The van der Waals surface area contributed by atoms with E-state index in [1.807, 2.05) is 6.92 Å². The van der Waals surface area contributed by atoms with Crippen LogP contribution in [0.3, 0.4) is 0 Å². The zero-order valence-electron chi connectivity index (χ0n) is 13.5. The number of nitrogens with zero attached hydrogens (tertiary/aromatic N) is 1. The summed E-state index contributed by atoms with van der Waals surface area (Å²) >= 11 is 0. The Hall–Kier alpha value is -0.650. The van der Waals surface area contributed by atoms with Crippen LogP contribution in [0.15, 0.2) is 0 Å². The highest BCUT2D eigenvalue weighted by Gasteiger charge is 2.46. The third kappa shape index (κ3) is 4.18. The summed E-state index contributed by atoms with van der Waals surface area (Å²) in [6, 6.07) is 0. The first-order chi connectivity index (χ1) is 10.1. The van der Waals surface area contributed by atoms with Gasteiger partial charge in [0, 0.05) is 13.2 Å². The van der Waals surface area contributed by atoms with Gasteiger partial charge < -0.3 is 20.1 Å². The Kier molecular flexibility index (Phi) is 6.02. The van der Waals surface area contributed by atoms with E-state index in [-0.39, 0.29) is 11.9 Å². The third-order valence-corrected chi connectivity index (χ3v) is 4.93. The molecule has 2 N–H and O–H groups in total. The summed E-state index contributed by atoms with van der Waals surface area (Å²) in [6.45, 7) is 5.08. The Bertz CT molecular complexity index is 344. The van der Waals surface area contributed by atoms with Crippen LogP contribution in [0.2, 0.25) is 0 Å². The number of esters is 1. The molecule has 0 aromatic rings. The predicted molar refractivity (Wildman–Crippen MR) is 82.0 cm³/mol. The third-order valence-electron chi connectivity index (χ3n) is 4.93. The average molecular weight is 298 g/mol. The number of hydrogen-bond acceptors (Lipinski definition) is 5. The molecule has 1 saturated carbocycles. The molecule has 0 amide bonds. The molecule has 21 heavy (non-hydrogen) atoms. The predicted octanol–water partition coefficient (Wildman–Crippen LogP) is 1.55. The minimum atomic E-state index is -0.763. The molecule has 0 spiro atoms. The van der Waals surface area contributed by atoms with Crippen molar-refractivity contribution < 1.29 is 14.3 Å². The van der Waals surface area contributed by atoms with Gasteiger partial charge in [0.1, 0.15) is 5.54 Å². The smallest absolute Gasteiger partial charge is 0.326 e. The van der Waals surface area contributed by atoms with Crippen molar-refractivity contribution in [1.82, 2.24) is 4.90 Å². The van der Waals surface area contributed by atoms with Gasteiger partial charge in [0.2, 0.25) is 0 Å². The summed E-state index contributed by atoms with van der Waals surface area (Å²) in [5.74, 6) is 0.0257. The molecule has 1 saturated heterocycles. The lowest BCUT2D eigenvalue weighted by atomic mass is 9.85. The van der Waals surface area contributed by atoms with E-state index in [4.69, 9.17) is 15.2 Å². The van der Waals surface area contributed by atoms with Crippen molar-refractivity contribution in [2.24, 2.45) is 11.7 Å². The van der Waals surface area contributed by atoms with Gasteiger partial charge in [0.15, 0.2) is 0 Å². The Balaban J connectivity index is 1.79. The van der Waals surface area contributed by atoms with Gasteiger partial charge in [-0.1, -0.05) is 6.42 Å². The first-order valence-electron chi connectivity index (χ1n) is 8.32. The van der Waals surface area contributed by atoms with Crippen LogP contribution < -0.4 is 5.73 Å². The molecule has 122 valence electrons. The van der Waals surface area contributed by atoms with Crippen molar-refractivity contribution in [2.75, 3.05) is 33.4 Å². The molecule has 5 heteroatoms. The van der Waals surface area contributed by atoms with Crippen LogP contribution in [0, 0.1) is 5.92 Å². The number of hydrogen-bond donors (Lipinski definition) is 1. The second kappa shape index (κ2) is 7.56. The number of likely N-dealkylation sites (N-methyl/N-ethyl adjacent to an activating group) is 1. The molecule has 1 aliphatic heterocycles. The highest BCUT2D eigenvalue weighted by atomic mass is 16.5. The summed E-state index contributed by atoms with van der Waals surface area (Å²) in [6.07, 6.45) is 6.49. The molecular weight excluding hydrogens is 268 g/mol. The molecule has 2 aliphatic rings. The van der Waals surface area contributed by atoms with E-state index in [2.05, 4.69) is 11.9 Å². The number of ether oxygens (including phenoxy) is 2. The quantitative estimate of drug-likeness (QED) is 0.722. The van der Waals surface area contributed by atoms with Crippen molar-refractivity contribution >= 4 is 5.97 Å². The van der Waals surface area contributed by atoms with E-state index < -0.39 is 5.54 Å². The van der Waals surface area contributed by atoms with E-state index in [1.54, 1.807) is 0 Å². The van der Waals surface area contributed by atoms with Gasteiger partial charge in [-0.15, -0.1) is 0 Å². The van der Waals surface area contributed by atoms with Crippen LogP contribution in [-0.2, 0) is 14.3 Å². The van der Waals surface area contributed by atoms with E-state index >= 15 is 0 Å². The fraction of sp³-hybridized carbons (Fsp3) is 0.938. The fourth-order valence-electron chi connectivity index (χ4n) is 3.64.